The smallest absolute Gasteiger partial charge is 0.478 e. The topological polar surface area (TPSA) is 110 Å². The van der Waals surface area contributed by atoms with E-state index in [4.69, 9.17) is 28.3 Å². The van der Waals surface area contributed by atoms with Gasteiger partial charge in [0.05, 0.1) is 23.0 Å². The van der Waals surface area contributed by atoms with Crippen LogP contribution < -0.4 is 0 Å². The maximum absolute atomic E-state index is 13.7. The summed E-state index contributed by atoms with van der Waals surface area (Å²) in [4.78, 5) is 25.3. The summed E-state index contributed by atoms with van der Waals surface area (Å²) in [6, 6.07) is 8.35. The van der Waals surface area contributed by atoms with E-state index in [0.717, 1.165) is 0 Å². The maximum Gasteiger partial charge on any atom is 0.518 e. The van der Waals surface area contributed by atoms with Gasteiger partial charge in [-0.1, -0.05) is 35.3 Å². The van der Waals surface area contributed by atoms with Crippen LogP contribution in [0.1, 0.15) is 64.6 Å². The summed E-state index contributed by atoms with van der Waals surface area (Å²) in [5.74, 6) is -1.25. The van der Waals surface area contributed by atoms with Gasteiger partial charge in [-0.2, -0.15) is 30.8 Å². The number of amides is 1. The molecular formula is C26H22Cl2F3N3O5S. The molecule has 0 radical (unpaired) electrons. The molecule has 0 unspecified atom stereocenters. The van der Waals surface area contributed by atoms with Crippen LogP contribution in [0.5, 0.6) is 0 Å². The molecule has 1 saturated heterocycles. The summed E-state index contributed by atoms with van der Waals surface area (Å²) < 4.78 is 66.5. The van der Waals surface area contributed by atoms with Crippen LogP contribution >= 0.6 is 23.2 Å². The summed E-state index contributed by atoms with van der Waals surface area (Å²) in [5.41, 5.74) is -3.99. The van der Waals surface area contributed by atoms with Gasteiger partial charge in [0.2, 0.25) is 5.91 Å². The first kappa shape index (κ1) is 28.4. The van der Waals surface area contributed by atoms with Crippen molar-refractivity contribution in [1.29, 1.82) is 0 Å². The molecule has 1 amide bonds. The SMILES string of the molecule is O=C(O)c1ccc(-c2cc(Cl)c(Cc3c4c(nn3S(=O)(=O)C(F)(F)F)CCC[C@H]4N3CCCC3=O)c(Cl)c2)cc1. The number of carboxylic acids is 1. The van der Waals surface area contributed by atoms with Gasteiger partial charge in [0, 0.05) is 35.0 Å². The number of carbonyl (C=O) groups excluding carboxylic acids is 1. The van der Waals surface area contributed by atoms with Crippen LogP contribution in [0.2, 0.25) is 10.0 Å². The highest BCUT2D eigenvalue weighted by Gasteiger charge is 2.50. The van der Waals surface area contributed by atoms with E-state index in [2.05, 4.69) is 5.10 Å². The van der Waals surface area contributed by atoms with Gasteiger partial charge in [-0.05, 0) is 66.6 Å². The average molecular weight is 616 g/mol. The molecule has 5 rings (SSSR count). The second-order valence-electron chi connectivity index (χ2n) is 9.68. The Morgan fingerprint density at radius 3 is 2.25 bits per heavy atom. The second-order valence-corrected chi connectivity index (χ2v) is 12.3. The normalized spacial score (nSPS) is 17.8. The summed E-state index contributed by atoms with van der Waals surface area (Å²) in [5, 5.41) is 13.2. The zero-order valence-electron chi connectivity index (χ0n) is 20.7. The zero-order valence-corrected chi connectivity index (χ0v) is 23.0. The number of rotatable bonds is 6. The molecule has 2 aliphatic rings. The molecule has 40 heavy (non-hydrogen) atoms. The monoisotopic (exact) mass is 615 g/mol. The van der Waals surface area contributed by atoms with Gasteiger partial charge in [0.25, 0.3) is 0 Å². The zero-order chi connectivity index (χ0) is 29.0. The van der Waals surface area contributed by atoms with Crippen molar-refractivity contribution in [3.63, 3.8) is 0 Å². The van der Waals surface area contributed by atoms with Gasteiger partial charge in [-0.3, -0.25) is 4.79 Å². The van der Waals surface area contributed by atoms with Gasteiger partial charge in [-0.15, -0.1) is 0 Å². The Kier molecular flexibility index (Phi) is 7.38. The molecule has 1 atom stereocenters. The van der Waals surface area contributed by atoms with E-state index in [1.54, 1.807) is 17.0 Å². The lowest BCUT2D eigenvalue weighted by molar-refractivity contribution is -0.130. The quantitative estimate of drug-likeness (QED) is 0.373. The highest BCUT2D eigenvalue weighted by Crippen LogP contribution is 2.42. The number of hydrogen-bond acceptors (Lipinski definition) is 5. The van der Waals surface area contributed by atoms with Crippen LogP contribution in [0.3, 0.4) is 0 Å². The van der Waals surface area contributed by atoms with Crippen molar-refractivity contribution in [2.75, 3.05) is 6.54 Å². The van der Waals surface area contributed by atoms with Crippen LogP contribution in [0.15, 0.2) is 36.4 Å². The number of hydrogen-bond donors (Lipinski definition) is 1. The van der Waals surface area contributed by atoms with Crippen molar-refractivity contribution >= 4 is 45.1 Å². The molecule has 2 heterocycles. The van der Waals surface area contributed by atoms with Gasteiger partial charge in [0.1, 0.15) is 0 Å². The Morgan fingerprint density at radius 1 is 1.05 bits per heavy atom. The van der Waals surface area contributed by atoms with Crippen molar-refractivity contribution in [3.05, 3.63) is 74.5 Å². The Balaban J connectivity index is 1.62. The molecule has 1 N–H and O–H groups in total. The maximum atomic E-state index is 13.7. The molecule has 0 spiro atoms. The Hall–Kier alpha value is -3.09. The van der Waals surface area contributed by atoms with Crippen LogP contribution in [0.25, 0.3) is 11.1 Å². The van der Waals surface area contributed by atoms with Crippen LogP contribution in [0.4, 0.5) is 13.2 Å². The minimum Gasteiger partial charge on any atom is -0.478 e. The van der Waals surface area contributed by atoms with Crippen molar-refractivity contribution < 1.29 is 36.3 Å². The summed E-state index contributed by atoms with van der Waals surface area (Å²) >= 11 is 13.1. The first-order valence-corrected chi connectivity index (χ1v) is 14.5. The summed E-state index contributed by atoms with van der Waals surface area (Å²) in [7, 11) is -5.90. The van der Waals surface area contributed by atoms with Crippen LogP contribution in [-0.4, -0.2) is 51.5 Å². The Labute approximate surface area is 237 Å². The van der Waals surface area contributed by atoms with Crippen LogP contribution in [-0.2, 0) is 27.7 Å². The molecule has 1 aromatic heterocycles. The molecule has 0 saturated carbocycles. The number of likely N-dealkylation sites (tertiary alicyclic amines) is 1. The fourth-order valence-corrected chi connectivity index (χ4v) is 6.83. The number of fused-ring (bicyclic) bond motifs is 1. The number of aryl methyl sites for hydroxylation is 1. The minimum atomic E-state index is -5.90. The van der Waals surface area contributed by atoms with E-state index in [1.807, 2.05) is 0 Å². The van der Waals surface area contributed by atoms with E-state index in [-0.39, 0.29) is 61.0 Å². The third-order valence-electron chi connectivity index (χ3n) is 7.25. The van der Waals surface area contributed by atoms with E-state index >= 15 is 0 Å². The number of alkyl halides is 3. The van der Waals surface area contributed by atoms with E-state index in [1.165, 1.54) is 24.3 Å². The van der Waals surface area contributed by atoms with E-state index < -0.39 is 27.5 Å². The average Bonchev–Trinajstić information content (AvgIpc) is 3.49. The Morgan fingerprint density at radius 2 is 1.70 bits per heavy atom. The molecule has 8 nitrogen and oxygen atoms in total. The van der Waals surface area contributed by atoms with Crippen molar-refractivity contribution in [1.82, 2.24) is 14.1 Å². The largest absolute Gasteiger partial charge is 0.518 e. The molecule has 3 aromatic rings. The number of carbonyl (C=O) groups is 2. The van der Waals surface area contributed by atoms with Gasteiger partial charge in [-0.25, -0.2) is 4.79 Å². The third kappa shape index (κ3) is 4.97. The molecule has 1 aliphatic heterocycles. The molecular weight excluding hydrogens is 594 g/mol. The lowest BCUT2D eigenvalue weighted by Crippen LogP contribution is -2.34. The van der Waals surface area contributed by atoms with E-state index in [9.17, 15) is 31.2 Å². The first-order chi connectivity index (χ1) is 18.8. The summed E-state index contributed by atoms with van der Waals surface area (Å²) in [6.07, 6.45) is 1.77. The van der Waals surface area contributed by atoms with E-state index in [0.29, 0.717) is 43.4 Å². The fourth-order valence-electron chi connectivity index (χ4n) is 5.35. The highest BCUT2D eigenvalue weighted by molar-refractivity contribution is 7.90. The minimum absolute atomic E-state index is 0.0295. The number of carboxylic acid groups (broad SMARTS) is 1. The number of nitrogens with zero attached hydrogens (tertiary/aromatic N) is 3. The fraction of sp³-hybridized carbons (Fsp3) is 0.346. The highest BCUT2D eigenvalue weighted by atomic mass is 35.5. The number of benzene rings is 2. The lowest BCUT2D eigenvalue weighted by atomic mass is 9.88. The second kappa shape index (κ2) is 10.4. The number of halogens is 5. The summed E-state index contributed by atoms with van der Waals surface area (Å²) in [6.45, 7) is 0.413. The lowest BCUT2D eigenvalue weighted by Gasteiger charge is -2.31. The van der Waals surface area contributed by atoms with Gasteiger partial charge in [0.15, 0.2) is 0 Å². The predicted octanol–water partition coefficient (Wildman–Crippen LogP) is 5.84. The van der Waals surface area contributed by atoms with Crippen molar-refractivity contribution in [3.8, 4) is 11.1 Å². The molecule has 14 heteroatoms. The third-order valence-corrected chi connectivity index (χ3v) is 9.26. The number of aromatic carboxylic acids is 1. The van der Waals surface area contributed by atoms with Crippen LogP contribution in [0, 0.1) is 0 Å². The molecule has 1 fully saturated rings. The van der Waals surface area contributed by atoms with Crippen molar-refractivity contribution in [2.45, 2.75) is 50.1 Å². The first-order valence-electron chi connectivity index (χ1n) is 12.3. The van der Waals surface area contributed by atoms with Gasteiger partial charge < -0.3 is 10.0 Å². The molecule has 1 aliphatic carbocycles. The van der Waals surface area contributed by atoms with Crippen molar-refractivity contribution in [2.24, 2.45) is 0 Å². The predicted molar refractivity (Wildman–Crippen MR) is 141 cm³/mol. The molecule has 0 bridgehead atoms. The number of aromatic nitrogens is 2. The Bertz CT molecular complexity index is 1600. The molecule has 2 aromatic carbocycles. The van der Waals surface area contributed by atoms with Gasteiger partial charge >= 0.3 is 21.5 Å². The standard InChI is InChI=1S/C26H22Cl2F3N3O5S/c27-18-11-16(14-6-8-15(9-7-14)25(36)37)12-19(28)17(18)13-22-24-20(32-34(22)40(38,39)26(29,30)31)3-1-4-21(24)33-10-2-5-23(33)35/h6-9,11-12,21H,1-5,10,13H2,(H,36,37)/t21-/m1/s1. The molecule has 212 valence electrons.